The molecule has 4 aromatic rings. The third kappa shape index (κ3) is 11.4. The second-order valence-electron chi connectivity index (χ2n) is 15.0. The number of para-hydroxylation sites is 2. The lowest BCUT2D eigenvalue weighted by atomic mass is 9.80. The molecule has 0 aliphatic carbocycles. The highest BCUT2D eigenvalue weighted by Crippen LogP contribution is 2.39. The first-order valence-corrected chi connectivity index (χ1v) is 19.3. The molecule has 2 aromatic carbocycles. The average molecular weight is 882 g/mol. The van der Waals surface area contributed by atoms with E-state index in [0.717, 1.165) is 33.7 Å². The van der Waals surface area contributed by atoms with E-state index in [4.69, 9.17) is 18.8 Å². The fraction of sp³-hybridized carbons (Fsp3) is 0.476. The van der Waals surface area contributed by atoms with Crippen LogP contribution in [0.2, 0.25) is 0 Å². The topological polar surface area (TPSA) is 69.2 Å². The Morgan fingerprint density at radius 2 is 1.02 bits per heavy atom. The highest BCUT2D eigenvalue weighted by molar-refractivity contribution is 9.10. The number of ether oxygens (including phenoxy) is 2. The molecule has 0 N–H and O–H groups in total. The molecular weight excluding hydrogens is 829 g/mol. The van der Waals surface area contributed by atoms with Crippen LogP contribution in [-0.4, -0.2) is 66.7 Å². The predicted octanol–water partition coefficient (Wildman–Crippen LogP) is 10.6. The molecule has 0 radical (unpaired) electrons. The zero-order valence-corrected chi connectivity index (χ0v) is 33.1. The number of benzene rings is 2. The first-order valence-electron chi connectivity index (χ1n) is 18.5. The second-order valence-corrected chi connectivity index (χ2v) is 15.9. The van der Waals surface area contributed by atoms with Crippen molar-refractivity contribution >= 4 is 40.1 Å². The van der Waals surface area contributed by atoms with E-state index in [-0.39, 0.29) is 38.6 Å². The molecule has 0 atom stereocenters. The molecule has 0 spiro atoms. The van der Waals surface area contributed by atoms with E-state index in [2.05, 4.69) is 35.7 Å². The van der Waals surface area contributed by atoms with Gasteiger partial charge in [0.05, 0.1) is 22.3 Å². The van der Waals surface area contributed by atoms with E-state index in [1.807, 2.05) is 52.0 Å². The summed E-state index contributed by atoms with van der Waals surface area (Å²) in [5.74, 6) is 1.49. The molecule has 0 saturated carbocycles. The molecular formula is C42H52BBrF6N4O4. The van der Waals surface area contributed by atoms with Crippen molar-refractivity contribution in [1.29, 1.82) is 0 Å². The minimum absolute atomic E-state index is 0. The fourth-order valence-electron chi connectivity index (χ4n) is 6.63. The summed E-state index contributed by atoms with van der Waals surface area (Å²) in [6.07, 6.45) is -3.28. The van der Waals surface area contributed by atoms with Crippen LogP contribution in [0.25, 0.3) is 0 Å². The number of halogens is 7. The van der Waals surface area contributed by atoms with Crippen LogP contribution in [0.4, 0.5) is 38.0 Å². The second kappa shape index (κ2) is 18.9. The van der Waals surface area contributed by atoms with Gasteiger partial charge in [0.1, 0.15) is 35.3 Å². The van der Waals surface area contributed by atoms with Crippen LogP contribution in [0, 0.1) is 0 Å². The lowest BCUT2D eigenvalue weighted by molar-refractivity contribution is -0.140. The molecule has 0 bridgehead atoms. The third-order valence-corrected chi connectivity index (χ3v) is 11.0. The van der Waals surface area contributed by atoms with Gasteiger partial charge in [-0.2, -0.15) is 26.3 Å². The largest absolute Gasteiger partial charge is 0.496 e. The van der Waals surface area contributed by atoms with Crippen molar-refractivity contribution in [3.63, 3.8) is 0 Å². The first kappa shape index (κ1) is 46.7. The van der Waals surface area contributed by atoms with E-state index >= 15 is 0 Å². The van der Waals surface area contributed by atoms with E-state index < -0.39 is 41.8 Å². The maximum absolute atomic E-state index is 13.2. The summed E-state index contributed by atoms with van der Waals surface area (Å²) < 4.78 is 103. The molecule has 3 aliphatic heterocycles. The molecule has 3 aliphatic rings. The Bertz CT molecular complexity index is 1890. The highest BCUT2D eigenvalue weighted by Gasteiger charge is 2.52. The molecule has 3 fully saturated rings. The smallest absolute Gasteiger partial charge is 0.490 e. The first-order chi connectivity index (χ1) is 26.4. The van der Waals surface area contributed by atoms with Crippen molar-refractivity contribution < 1.29 is 45.1 Å². The minimum atomic E-state index is -4.43. The quantitative estimate of drug-likeness (QED) is 0.134. The monoisotopic (exact) mass is 880 g/mol. The van der Waals surface area contributed by atoms with Crippen molar-refractivity contribution in [3.8, 4) is 11.5 Å². The van der Waals surface area contributed by atoms with Crippen molar-refractivity contribution in [2.75, 3.05) is 36.0 Å². The van der Waals surface area contributed by atoms with Crippen LogP contribution < -0.4 is 24.7 Å². The molecule has 16 heteroatoms. The van der Waals surface area contributed by atoms with Crippen molar-refractivity contribution in [3.05, 3.63) is 101 Å². The van der Waals surface area contributed by atoms with Crippen LogP contribution in [0.5, 0.6) is 11.5 Å². The number of rotatable bonds is 7. The normalized spacial score (nSPS) is 18.4. The summed E-state index contributed by atoms with van der Waals surface area (Å²) in [6, 6.07) is 18.5. The number of aromatic nitrogens is 2. The SMILES string of the molecule is C.C.CC1(C)OB(c2ccc(N3CCC(Oc4ccccc4C(F)(F)F)CC3)nc2)OC1(C)C.FC(F)(F)c1ccccc1OC1CCN(c2ccc(Br)cn2)CC1. The zero-order valence-electron chi connectivity index (χ0n) is 31.5. The van der Waals surface area contributed by atoms with Gasteiger partial charge in [0.25, 0.3) is 0 Å². The van der Waals surface area contributed by atoms with Crippen molar-refractivity contribution in [2.45, 2.75) is 104 Å². The lowest BCUT2D eigenvalue weighted by Gasteiger charge is -2.33. The molecule has 2 aromatic heterocycles. The van der Waals surface area contributed by atoms with E-state index in [0.29, 0.717) is 51.9 Å². The number of hydrogen-bond acceptors (Lipinski definition) is 8. The van der Waals surface area contributed by atoms with Gasteiger partial charge in [0.15, 0.2) is 0 Å². The Balaban J connectivity index is 0.000000258. The minimum Gasteiger partial charge on any atom is -0.490 e. The maximum atomic E-state index is 13.2. The van der Waals surface area contributed by atoms with E-state index in [9.17, 15) is 26.3 Å². The zero-order chi connectivity index (χ0) is 40.3. The van der Waals surface area contributed by atoms with Gasteiger partial charge in [0.2, 0.25) is 0 Å². The summed E-state index contributed by atoms with van der Waals surface area (Å²) in [4.78, 5) is 13.1. The lowest BCUT2D eigenvalue weighted by Crippen LogP contribution is -2.41. The van der Waals surface area contributed by atoms with Crippen LogP contribution in [0.3, 0.4) is 0 Å². The number of piperidine rings is 2. The Morgan fingerprint density at radius 3 is 1.38 bits per heavy atom. The Labute approximate surface area is 346 Å². The fourth-order valence-corrected chi connectivity index (χ4v) is 6.86. The number of nitrogens with zero attached hydrogens (tertiary/aromatic N) is 4. The van der Waals surface area contributed by atoms with Crippen LogP contribution in [-0.2, 0) is 21.7 Å². The molecule has 0 amide bonds. The molecule has 3 saturated heterocycles. The molecule has 7 rings (SSSR count). The number of hydrogen-bond donors (Lipinski definition) is 0. The summed E-state index contributed by atoms with van der Waals surface area (Å²) in [6.45, 7) is 10.7. The summed E-state index contributed by atoms with van der Waals surface area (Å²) in [5.41, 5.74) is -1.43. The Kier molecular flexibility index (Phi) is 15.2. The Hall–Kier alpha value is -4.02. The number of anilines is 2. The summed E-state index contributed by atoms with van der Waals surface area (Å²) in [7, 11) is -0.464. The average Bonchev–Trinajstić information content (AvgIpc) is 3.38. The van der Waals surface area contributed by atoms with E-state index in [1.54, 1.807) is 24.5 Å². The maximum Gasteiger partial charge on any atom is 0.496 e. The molecule has 8 nitrogen and oxygen atoms in total. The van der Waals surface area contributed by atoms with Crippen LogP contribution in [0.1, 0.15) is 79.4 Å². The summed E-state index contributed by atoms with van der Waals surface area (Å²) >= 11 is 3.35. The standard InChI is InChI=1S/C23H28BF3N2O3.C17H16BrF3N2O.2CH4/c1-21(2)22(3,4)32-24(31-21)16-9-10-20(28-15-16)29-13-11-17(12-14-29)30-19-8-6-5-7-18(19)23(25,26)27;18-12-5-6-16(22-11-12)23-9-7-13(8-10-23)24-15-4-2-1-3-14(15)17(19,20)21;;/h5-10,15,17H,11-14H2,1-4H3;1-6,11,13H,7-10H2;2*1H4. The summed E-state index contributed by atoms with van der Waals surface area (Å²) in [5, 5.41) is 0. The third-order valence-electron chi connectivity index (χ3n) is 10.5. The van der Waals surface area contributed by atoms with Crippen LogP contribution in [0.15, 0.2) is 89.7 Å². The molecule has 316 valence electrons. The van der Waals surface area contributed by atoms with Gasteiger partial charge >= 0.3 is 19.5 Å². The molecule has 0 unspecified atom stereocenters. The molecule has 58 heavy (non-hydrogen) atoms. The highest BCUT2D eigenvalue weighted by atomic mass is 79.9. The van der Waals surface area contributed by atoms with E-state index in [1.165, 1.54) is 24.3 Å². The van der Waals surface area contributed by atoms with Crippen molar-refractivity contribution in [1.82, 2.24) is 9.97 Å². The van der Waals surface area contributed by atoms with Gasteiger partial charge in [-0.1, -0.05) is 45.2 Å². The van der Waals surface area contributed by atoms with Gasteiger partial charge in [-0.05, 0) is 86.1 Å². The van der Waals surface area contributed by atoms with Crippen LogP contribution >= 0.6 is 15.9 Å². The van der Waals surface area contributed by atoms with Gasteiger partial charge in [-0.25, -0.2) is 9.97 Å². The van der Waals surface area contributed by atoms with Gasteiger partial charge < -0.3 is 28.6 Å². The van der Waals surface area contributed by atoms with Gasteiger partial charge in [-0.15, -0.1) is 0 Å². The predicted molar refractivity (Wildman–Crippen MR) is 220 cm³/mol. The Morgan fingerprint density at radius 1 is 0.621 bits per heavy atom. The number of alkyl halides is 6. The van der Waals surface area contributed by atoms with Gasteiger partial charge in [-0.3, -0.25) is 0 Å². The van der Waals surface area contributed by atoms with Crippen molar-refractivity contribution in [2.24, 2.45) is 0 Å². The number of pyridine rings is 2. The molecule has 5 heterocycles. The van der Waals surface area contributed by atoms with Gasteiger partial charge in [0, 0.05) is 74.2 Å².